The zero-order valence-electron chi connectivity index (χ0n) is 15.3. The van der Waals surface area contributed by atoms with Crippen LogP contribution in [0.5, 0.6) is 0 Å². The number of sulfonamides is 1. The molecule has 3 heterocycles. The van der Waals surface area contributed by atoms with Crippen molar-refractivity contribution in [3.63, 3.8) is 0 Å². The fourth-order valence-electron chi connectivity index (χ4n) is 3.65. The number of rotatable bonds is 5. The van der Waals surface area contributed by atoms with Gasteiger partial charge in [0, 0.05) is 48.8 Å². The minimum Gasteiger partial charge on any atom is -0.378 e. The Morgan fingerprint density at radius 3 is 2.68 bits per heavy atom. The number of morpholine rings is 1. The van der Waals surface area contributed by atoms with E-state index in [9.17, 15) is 8.42 Å². The van der Waals surface area contributed by atoms with Crippen molar-refractivity contribution in [2.24, 2.45) is 0 Å². The van der Waals surface area contributed by atoms with Crippen molar-refractivity contribution in [1.29, 1.82) is 0 Å². The molecule has 1 aliphatic carbocycles. The Balaban J connectivity index is 1.53. The molecule has 0 amide bonds. The number of hydrogen-bond donors (Lipinski definition) is 1. The zero-order chi connectivity index (χ0) is 19.1. The van der Waals surface area contributed by atoms with Gasteiger partial charge in [-0.3, -0.25) is 9.71 Å². The third-order valence-electron chi connectivity index (χ3n) is 5.16. The summed E-state index contributed by atoms with van der Waals surface area (Å²) in [4.78, 5) is 10.8. The van der Waals surface area contributed by atoms with E-state index in [1.807, 2.05) is 18.2 Å². The fraction of sp³-hybridized carbons (Fsp3) is 0.368. The lowest BCUT2D eigenvalue weighted by atomic mass is 10.1. The first-order chi connectivity index (χ1) is 13.6. The largest absolute Gasteiger partial charge is 0.378 e. The lowest BCUT2D eigenvalue weighted by Gasteiger charge is -2.30. The van der Waals surface area contributed by atoms with Crippen LogP contribution in [-0.4, -0.2) is 49.3 Å². The molecule has 9 heteroatoms. The molecule has 1 saturated carbocycles. The van der Waals surface area contributed by atoms with Crippen LogP contribution in [0.3, 0.4) is 0 Å². The number of ether oxygens (including phenoxy) is 1. The zero-order valence-corrected chi connectivity index (χ0v) is 16.1. The number of imidazole rings is 1. The predicted octanol–water partition coefficient (Wildman–Crippen LogP) is 2.40. The topological polar surface area (TPSA) is 89.3 Å². The van der Waals surface area contributed by atoms with Gasteiger partial charge in [0.2, 0.25) is 5.16 Å². The van der Waals surface area contributed by atoms with E-state index in [-0.39, 0.29) is 11.2 Å². The summed E-state index contributed by atoms with van der Waals surface area (Å²) in [6.07, 6.45) is 6.90. The van der Waals surface area contributed by atoms with E-state index in [0.29, 0.717) is 24.4 Å². The number of anilines is 2. The summed E-state index contributed by atoms with van der Waals surface area (Å²) in [5.74, 6) is 0. The van der Waals surface area contributed by atoms with Crippen molar-refractivity contribution in [1.82, 2.24) is 14.5 Å². The monoisotopic (exact) mass is 399 g/mol. The first-order valence-corrected chi connectivity index (χ1v) is 10.9. The number of hydrogen-bond acceptors (Lipinski definition) is 6. The minimum absolute atomic E-state index is 0.0522. The van der Waals surface area contributed by atoms with E-state index in [1.165, 1.54) is 6.20 Å². The van der Waals surface area contributed by atoms with Gasteiger partial charge in [-0.05, 0) is 37.1 Å². The van der Waals surface area contributed by atoms with Crippen LogP contribution in [0, 0.1) is 0 Å². The summed E-state index contributed by atoms with van der Waals surface area (Å²) in [6, 6.07) is 7.79. The van der Waals surface area contributed by atoms with Gasteiger partial charge in [0.1, 0.15) is 0 Å². The van der Waals surface area contributed by atoms with Gasteiger partial charge < -0.3 is 14.2 Å². The summed E-state index contributed by atoms with van der Waals surface area (Å²) < 4.78 is 35.9. The van der Waals surface area contributed by atoms with Gasteiger partial charge in [-0.15, -0.1) is 0 Å². The maximum Gasteiger partial charge on any atom is 0.296 e. The van der Waals surface area contributed by atoms with Crippen LogP contribution in [0.2, 0.25) is 0 Å². The number of pyridine rings is 1. The summed E-state index contributed by atoms with van der Waals surface area (Å²) in [7, 11) is -3.81. The van der Waals surface area contributed by atoms with E-state index in [2.05, 4.69) is 19.6 Å². The van der Waals surface area contributed by atoms with Crippen molar-refractivity contribution in [3.05, 3.63) is 42.9 Å². The SMILES string of the molecule is O=S(=O)(Nc1ccc(N2CCOCC2)c2cccnc12)c1nccn1C1CC1. The maximum atomic E-state index is 13.0. The van der Waals surface area contributed by atoms with Crippen molar-refractivity contribution in [2.45, 2.75) is 24.0 Å². The van der Waals surface area contributed by atoms with Gasteiger partial charge >= 0.3 is 0 Å². The highest BCUT2D eigenvalue weighted by Gasteiger charge is 2.31. The van der Waals surface area contributed by atoms with Crippen molar-refractivity contribution in [2.75, 3.05) is 35.9 Å². The summed E-state index contributed by atoms with van der Waals surface area (Å²) in [5.41, 5.74) is 2.12. The van der Waals surface area contributed by atoms with Crippen LogP contribution in [0.15, 0.2) is 48.0 Å². The molecule has 2 aromatic heterocycles. The van der Waals surface area contributed by atoms with Crippen LogP contribution in [0.25, 0.3) is 10.9 Å². The molecule has 0 radical (unpaired) electrons. The van der Waals surface area contributed by atoms with Crippen LogP contribution >= 0.6 is 0 Å². The van der Waals surface area contributed by atoms with E-state index in [4.69, 9.17) is 4.74 Å². The van der Waals surface area contributed by atoms with Gasteiger partial charge in [-0.2, -0.15) is 8.42 Å². The fourth-order valence-corrected chi connectivity index (χ4v) is 4.88. The molecule has 1 saturated heterocycles. The molecule has 5 rings (SSSR count). The van der Waals surface area contributed by atoms with Crippen LogP contribution in [0.1, 0.15) is 18.9 Å². The second-order valence-electron chi connectivity index (χ2n) is 7.08. The molecular weight excluding hydrogens is 378 g/mol. The molecule has 1 aliphatic heterocycles. The average molecular weight is 399 g/mol. The van der Waals surface area contributed by atoms with Gasteiger partial charge in [-0.1, -0.05) is 0 Å². The number of benzene rings is 1. The van der Waals surface area contributed by atoms with Crippen molar-refractivity contribution >= 4 is 32.3 Å². The molecule has 0 spiro atoms. The number of nitrogens with zero attached hydrogens (tertiary/aromatic N) is 4. The first-order valence-electron chi connectivity index (χ1n) is 9.39. The molecule has 0 unspecified atom stereocenters. The molecule has 146 valence electrons. The number of nitrogens with one attached hydrogen (secondary N) is 1. The summed E-state index contributed by atoms with van der Waals surface area (Å²) in [5, 5.41) is 0.964. The minimum atomic E-state index is -3.81. The summed E-state index contributed by atoms with van der Waals surface area (Å²) in [6.45, 7) is 2.96. The van der Waals surface area contributed by atoms with E-state index in [1.54, 1.807) is 23.0 Å². The second kappa shape index (κ2) is 6.75. The molecule has 2 aliphatic rings. The molecule has 2 fully saturated rings. The molecule has 1 N–H and O–H groups in total. The third-order valence-corrected chi connectivity index (χ3v) is 6.44. The van der Waals surface area contributed by atoms with E-state index in [0.717, 1.165) is 37.0 Å². The molecule has 0 atom stereocenters. The van der Waals surface area contributed by atoms with Gasteiger partial charge in [0.25, 0.3) is 10.0 Å². The lowest BCUT2D eigenvalue weighted by Crippen LogP contribution is -2.36. The number of aromatic nitrogens is 3. The average Bonchev–Trinajstić information content (AvgIpc) is 3.44. The third kappa shape index (κ3) is 3.10. The highest BCUT2D eigenvalue weighted by Crippen LogP contribution is 2.37. The van der Waals surface area contributed by atoms with Crippen LogP contribution in [-0.2, 0) is 14.8 Å². The van der Waals surface area contributed by atoms with Crippen molar-refractivity contribution in [3.8, 4) is 0 Å². The molecule has 3 aromatic rings. The smallest absolute Gasteiger partial charge is 0.296 e. The summed E-state index contributed by atoms with van der Waals surface area (Å²) >= 11 is 0. The molecule has 0 bridgehead atoms. The Bertz CT molecular complexity index is 1120. The first kappa shape index (κ1) is 17.4. The number of fused-ring (bicyclic) bond motifs is 1. The second-order valence-corrected chi connectivity index (χ2v) is 8.66. The Hall–Kier alpha value is -2.65. The highest BCUT2D eigenvalue weighted by molar-refractivity contribution is 7.92. The Morgan fingerprint density at radius 2 is 1.89 bits per heavy atom. The van der Waals surface area contributed by atoms with Crippen LogP contribution in [0.4, 0.5) is 11.4 Å². The van der Waals surface area contributed by atoms with Gasteiger partial charge in [0.15, 0.2) is 0 Å². The normalized spacial score (nSPS) is 17.8. The Morgan fingerprint density at radius 1 is 1.07 bits per heavy atom. The van der Waals surface area contributed by atoms with E-state index < -0.39 is 10.0 Å². The van der Waals surface area contributed by atoms with Gasteiger partial charge in [0.05, 0.1) is 24.4 Å². The standard InChI is InChI=1S/C19H21N5O3S/c25-28(26,19-21-8-9-24(19)14-3-4-14)22-16-5-6-17(23-10-12-27-13-11-23)15-2-1-7-20-18(15)16/h1-2,5-9,14,22H,3-4,10-13H2. The molecule has 8 nitrogen and oxygen atoms in total. The van der Waals surface area contributed by atoms with E-state index >= 15 is 0 Å². The van der Waals surface area contributed by atoms with Crippen molar-refractivity contribution < 1.29 is 13.2 Å². The Kier molecular flexibility index (Phi) is 4.21. The quantitative estimate of drug-likeness (QED) is 0.709. The molecular formula is C19H21N5O3S. The molecule has 1 aromatic carbocycles. The van der Waals surface area contributed by atoms with Crippen LogP contribution < -0.4 is 9.62 Å². The highest BCUT2D eigenvalue weighted by atomic mass is 32.2. The molecule has 28 heavy (non-hydrogen) atoms. The lowest BCUT2D eigenvalue weighted by molar-refractivity contribution is 0.123. The van der Waals surface area contributed by atoms with Gasteiger partial charge in [-0.25, -0.2) is 4.98 Å². The maximum absolute atomic E-state index is 13.0. The Labute approximate surface area is 163 Å². The predicted molar refractivity (Wildman–Crippen MR) is 106 cm³/mol.